The third kappa shape index (κ3) is 4.00. The summed E-state index contributed by atoms with van der Waals surface area (Å²) in [7, 11) is 0. The zero-order valence-electron chi connectivity index (χ0n) is 15.5. The van der Waals surface area contributed by atoms with Gasteiger partial charge in [-0.1, -0.05) is 23.7 Å². The Hall–Kier alpha value is -3.18. The number of hydrogen-bond acceptors (Lipinski definition) is 2. The first kappa shape index (κ1) is 19.2. The van der Waals surface area contributed by atoms with E-state index < -0.39 is 5.82 Å². The number of anilines is 2. The summed E-state index contributed by atoms with van der Waals surface area (Å²) in [4.78, 5) is 27.2. The van der Waals surface area contributed by atoms with Crippen LogP contribution in [-0.4, -0.2) is 18.4 Å². The molecule has 0 spiro atoms. The molecule has 29 heavy (non-hydrogen) atoms. The number of benzene rings is 3. The van der Waals surface area contributed by atoms with Crippen molar-refractivity contribution < 1.29 is 14.0 Å². The fourth-order valence-electron chi connectivity index (χ4n) is 3.45. The smallest absolute Gasteiger partial charge is 0.258 e. The summed E-state index contributed by atoms with van der Waals surface area (Å²) in [5, 5.41) is 3.17. The van der Waals surface area contributed by atoms with E-state index in [4.69, 9.17) is 11.6 Å². The van der Waals surface area contributed by atoms with Crippen LogP contribution in [0.1, 0.15) is 32.7 Å². The number of hydrogen-bond donors (Lipinski definition) is 1. The van der Waals surface area contributed by atoms with Gasteiger partial charge in [-0.25, -0.2) is 4.39 Å². The van der Waals surface area contributed by atoms with E-state index in [9.17, 15) is 14.0 Å². The quantitative estimate of drug-likeness (QED) is 0.637. The molecule has 4 nitrogen and oxygen atoms in total. The van der Waals surface area contributed by atoms with Gasteiger partial charge >= 0.3 is 0 Å². The number of fused-ring (bicyclic) bond motifs is 1. The number of halogens is 2. The highest BCUT2D eigenvalue weighted by Crippen LogP contribution is 2.30. The van der Waals surface area contributed by atoms with Gasteiger partial charge in [-0.05, 0) is 73.0 Å². The lowest BCUT2D eigenvalue weighted by atomic mass is 9.98. The highest BCUT2D eigenvalue weighted by molar-refractivity contribution is 6.30. The lowest BCUT2D eigenvalue weighted by Gasteiger charge is -2.30. The number of aryl methyl sites for hydroxylation is 1. The van der Waals surface area contributed by atoms with Crippen LogP contribution in [0.3, 0.4) is 0 Å². The fourth-order valence-corrected chi connectivity index (χ4v) is 3.58. The van der Waals surface area contributed by atoms with E-state index >= 15 is 0 Å². The first-order valence-electron chi connectivity index (χ1n) is 9.29. The molecule has 6 heteroatoms. The molecular formula is C23H18ClFN2O2. The van der Waals surface area contributed by atoms with Gasteiger partial charge < -0.3 is 10.2 Å². The second-order valence-electron chi connectivity index (χ2n) is 6.84. The van der Waals surface area contributed by atoms with E-state index in [0.29, 0.717) is 22.7 Å². The van der Waals surface area contributed by atoms with Gasteiger partial charge in [0, 0.05) is 28.4 Å². The summed E-state index contributed by atoms with van der Waals surface area (Å²) in [6.45, 7) is 0.606. The number of rotatable bonds is 3. The molecule has 1 heterocycles. The van der Waals surface area contributed by atoms with E-state index in [1.165, 1.54) is 12.1 Å². The van der Waals surface area contributed by atoms with Gasteiger partial charge in [0.05, 0.1) is 5.69 Å². The summed E-state index contributed by atoms with van der Waals surface area (Å²) >= 11 is 5.91. The Kier molecular flexibility index (Phi) is 5.32. The number of carbonyl (C=O) groups is 2. The van der Waals surface area contributed by atoms with Crippen LogP contribution >= 0.6 is 11.6 Å². The van der Waals surface area contributed by atoms with E-state index in [-0.39, 0.29) is 17.5 Å². The SMILES string of the molecule is O=C(Nc1ccccc1F)c1ccc2c(c1)CCCN2C(=O)c1ccc(Cl)cc1. The molecule has 0 aliphatic carbocycles. The largest absolute Gasteiger partial charge is 0.319 e. The zero-order valence-corrected chi connectivity index (χ0v) is 16.2. The Morgan fingerprint density at radius 2 is 1.69 bits per heavy atom. The fraction of sp³-hybridized carbons (Fsp3) is 0.130. The molecular weight excluding hydrogens is 391 g/mol. The first-order valence-corrected chi connectivity index (χ1v) is 9.67. The topological polar surface area (TPSA) is 49.4 Å². The molecule has 2 amide bonds. The van der Waals surface area contributed by atoms with E-state index in [0.717, 1.165) is 24.1 Å². The van der Waals surface area contributed by atoms with Crippen LogP contribution in [-0.2, 0) is 6.42 Å². The lowest BCUT2D eigenvalue weighted by molar-refractivity contribution is 0.0984. The van der Waals surface area contributed by atoms with Crippen molar-refractivity contribution in [2.75, 3.05) is 16.8 Å². The molecule has 0 aromatic heterocycles. The maximum Gasteiger partial charge on any atom is 0.258 e. The van der Waals surface area contributed by atoms with Crippen LogP contribution < -0.4 is 10.2 Å². The maximum absolute atomic E-state index is 13.8. The van der Waals surface area contributed by atoms with E-state index in [2.05, 4.69) is 5.32 Å². The molecule has 3 aromatic carbocycles. The summed E-state index contributed by atoms with van der Waals surface area (Å²) < 4.78 is 13.8. The summed E-state index contributed by atoms with van der Waals surface area (Å²) in [5.41, 5.74) is 2.82. The van der Waals surface area contributed by atoms with Crippen LogP contribution in [0.4, 0.5) is 15.8 Å². The average molecular weight is 409 g/mol. The average Bonchev–Trinajstić information content (AvgIpc) is 2.74. The van der Waals surface area contributed by atoms with Gasteiger partial charge in [0.15, 0.2) is 0 Å². The molecule has 1 N–H and O–H groups in total. The minimum absolute atomic E-state index is 0.105. The molecule has 0 saturated carbocycles. The van der Waals surface area contributed by atoms with Crippen molar-refractivity contribution in [2.24, 2.45) is 0 Å². The lowest BCUT2D eigenvalue weighted by Crippen LogP contribution is -2.35. The Morgan fingerprint density at radius 3 is 2.45 bits per heavy atom. The molecule has 0 saturated heterocycles. The highest BCUT2D eigenvalue weighted by Gasteiger charge is 2.24. The Balaban J connectivity index is 1.58. The van der Waals surface area contributed by atoms with Gasteiger partial charge in [-0.15, -0.1) is 0 Å². The van der Waals surface area contributed by atoms with Crippen LogP contribution in [0.25, 0.3) is 0 Å². The molecule has 0 radical (unpaired) electrons. The second-order valence-corrected chi connectivity index (χ2v) is 7.28. The third-order valence-electron chi connectivity index (χ3n) is 4.92. The summed E-state index contributed by atoms with van der Waals surface area (Å²) in [6.07, 6.45) is 1.56. The Bertz CT molecular complexity index is 1080. The predicted octanol–water partition coefficient (Wildman–Crippen LogP) is 5.32. The van der Waals surface area contributed by atoms with Crippen LogP contribution in [0, 0.1) is 5.82 Å². The minimum atomic E-state index is -0.487. The number of nitrogens with one attached hydrogen (secondary N) is 1. The normalized spacial score (nSPS) is 13.0. The van der Waals surface area contributed by atoms with Gasteiger partial charge in [0.25, 0.3) is 11.8 Å². The van der Waals surface area contributed by atoms with Crippen molar-refractivity contribution >= 4 is 34.8 Å². The molecule has 1 aliphatic heterocycles. The second kappa shape index (κ2) is 8.05. The predicted molar refractivity (Wildman–Crippen MR) is 112 cm³/mol. The molecule has 0 fully saturated rings. The van der Waals surface area contributed by atoms with Crippen LogP contribution in [0.15, 0.2) is 66.7 Å². The third-order valence-corrected chi connectivity index (χ3v) is 5.17. The van der Waals surface area contributed by atoms with Crippen molar-refractivity contribution in [1.29, 1.82) is 0 Å². The van der Waals surface area contributed by atoms with Crippen molar-refractivity contribution in [3.05, 3.63) is 94.3 Å². The van der Waals surface area contributed by atoms with Crippen molar-refractivity contribution in [2.45, 2.75) is 12.8 Å². The van der Waals surface area contributed by atoms with Gasteiger partial charge in [-0.2, -0.15) is 0 Å². The Labute approximate surface area is 172 Å². The molecule has 0 atom stereocenters. The molecule has 4 rings (SSSR count). The molecule has 146 valence electrons. The van der Waals surface area contributed by atoms with Crippen molar-refractivity contribution in [3.8, 4) is 0 Å². The molecule has 3 aromatic rings. The number of carbonyl (C=O) groups excluding carboxylic acids is 2. The monoisotopic (exact) mass is 408 g/mol. The van der Waals surface area contributed by atoms with Gasteiger partial charge in [-0.3, -0.25) is 9.59 Å². The van der Waals surface area contributed by atoms with Crippen molar-refractivity contribution in [3.63, 3.8) is 0 Å². The minimum Gasteiger partial charge on any atom is -0.319 e. The first-order chi connectivity index (χ1) is 14.0. The summed E-state index contributed by atoms with van der Waals surface area (Å²) in [5.74, 6) is -0.983. The number of para-hydroxylation sites is 1. The van der Waals surface area contributed by atoms with Gasteiger partial charge in [0.1, 0.15) is 5.82 Å². The van der Waals surface area contributed by atoms with E-state index in [1.807, 2.05) is 0 Å². The highest BCUT2D eigenvalue weighted by atomic mass is 35.5. The zero-order chi connectivity index (χ0) is 20.4. The molecule has 0 bridgehead atoms. The van der Waals surface area contributed by atoms with Crippen molar-refractivity contribution in [1.82, 2.24) is 0 Å². The maximum atomic E-state index is 13.8. The Morgan fingerprint density at radius 1 is 0.966 bits per heavy atom. The standard InChI is InChI=1S/C23H18ClFN2O2/c24-18-10-7-15(8-11-18)23(29)27-13-3-4-16-14-17(9-12-21(16)27)22(28)26-20-6-2-1-5-19(20)25/h1-2,5-12,14H,3-4,13H2,(H,26,28). The molecule has 1 aliphatic rings. The number of amides is 2. The summed E-state index contributed by atoms with van der Waals surface area (Å²) in [6, 6.07) is 18.0. The van der Waals surface area contributed by atoms with Crippen LogP contribution in [0.5, 0.6) is 0 Å². The number of nitrogens with zero attached hydrogens (tertiary/aromatic N) is 1. The van der Waals surface area contributed by atoms with Gasteiger partial charge in [0.2, 0.25) is 0 Å². The molecule has 0 unspecified atom stereocenters. The van der Waals surface area contributed by atoms with Crippen LogP contribution in [0.2, 0.25) is 5.02 Å². The van der Waals surface area contributed by atoms with E-state index in [1.54, 1.807) is 59.5 Å².